The van der Waals surface area contributed by atoms with Crippen LogP contribution in [-0.2, 0) is 6.42 Å². The molecule has 0 unspecified atom stereocenters. The average molecular weight is 474 g/mol. The molecule has 0 aliphatic carbocycles. The zero-order chi connectivity index (χ0) is 17.9. The van der Waals surface area contributed by atoms with Crippen LogP contribution in [0.5, 0.6) is 5.75 Å². The lowest BCUT2D eigenvalue weighted by molar-refractivity contribution is 0.330. The SMILES string of the molecule is CN=C(NCCCCN1CCCC1)NCCc1cc(C)ccc1OC.I. The largest absolute Gasteiger partial charge is 0.496 e. The monoisotopic (exact) mass is 474 g/mol. The van der Waals surface area contributed by atoms with E-state index in [4.69, 9.17) is 4.74 Å². The molecule has 148 valence electrons. The highest BCUT2D eigenvalue weighted by Crippen LogP contribution is 2.19. The Morgan fingerprint density at radius 1 is 1.15 bits per heavy atom. The van der Waals surface area contributed by atoms with Gasteiger partial charge in [-0.15, -0.1) is 24.0 Å². The van der Waals surface area contributed by atoms with Gasteiger partial charge in [0.2, 0.25) is 0 Å². The maximum absolute atomic E-state index is 5.44. The Kier molecular flexibility index (Phi) is 11.7. The molecule has 2 N–H and O–H groups in total. The number of guanidine groups is 1. The summed E-state index contributed by atoms with van der Waals surface area (Å²) in [5.74, 6) is 1.84. The Hall–Kier alpha value is -1.02. The summed E-state index contributed by atoms with van der Waals surface area (Å²) >= 11 is 0. The van der Waals surface area contributed by atoms with Crippen LogP contribution >= 0.6 is 24.0 Å². The van der Waals surface area contributed by atoms with E-state index < -0.39 is 0 Å². The van der Waals surface area contributed by atoms with Crippen molar-refractivity contribution in [1.82, 2.24) is 15.5 Å². The Bertz CT molecular complexity index is 545. The summed E-state index contributed by atoms with van der Waals surface area (Å²) in [6, 6.07) is 6.31. The number of aliphatic imine (C=N–C) groups is 1. The topological polar surface area (TPSA) is 48.9 Å². The van der Waals surface area contributed by atoms with E-state index in [1.807, 2.05) is 13.1 Å². The molecule has 5 nitrogen and oxygen atoms in total. The second kappa shape index (κ2) is 13.2. The van der Waals surface area contributed by atoms with Gasteiger partial charge in [0.25, 0.3) is 0 Å². The zero-order valence-corrected chi connectivity index (χ0v) is 18.8. The number of benzene rings is 1. The van der Waals surface area contributed by atoms with E-state index in [1.54, 1.807) is 7.11 Å². The molecule has 1 aromatic carbocycles. The molecule has 1 heterocycles. The number of aryl methyl sites for hydroxylation is 1. The van der Waals surface area contributed by atoms with Gasteiger partial charge >= 0.3 is 0 Å². The van der Waals surface area contributed by atoms with E-state index in [9.17, 15) is 0 Å². The lowest BCUT2D eigenvalue weighted by Gasteiger charge is -2.15. The molecule has 0 saturated carbocycles. The predicted molar refractivity (Wildman–Crippen MR) is 121 cm³/mol. The van der Waals surface area contributed by atoms with Crippen molar-refractivity contribution in [2.45, 2.75) is 39.0 Å². The van der Waals surface area contributed by atoms with Gasteiger partial charge < -0.3 is 20.3 Å². The third kappa shape index (κ3) is 8.12. The number of rotatable bonds is 9. The van der Waals surface area contributed by atoms with Crippen LogP contribution in [0.15, 0.2) is 23.2 Å². The Balaban J connectivity index is 0.00000338. The quantitative estimate of drug-likeness (QED) is 0.250. The maximum atomic E-state index is 5.44. The highest BCUT2D eigenvalue weighted by Gasteiger charge is 2.10. The Labute approximate surface area is 176 Å². The minimum absolute atomic E-state index is 0. The molecular formula is C20H35IN4O. The van der Waals surface area contributed by atoms with Gasteiger partial charge in [0.1, 0.15) is 5.75 Å². The number of nitrogens with one attached hydrogen (secondary N) is 2. The molecule has 0 radical (unpaired) electrons. The summed E-state index contributed by atoms with van der Waals surface area (Å²) in [6.45, 7) is 7.74. The van der Waals surface area contributed by atoms with Crippen molar-refractivity contribution in [2.75, 3.05) is 46.9 Å². The molecule has 0 amide bonds. The van der Waals surface area contributed by atoms with Crippen LogP contribution in [0.3, 0.4) is 0 Å². The molecule has 26 heavy (non-hydrogen) atoms. The normalized spacial score (nSPS) is 14.8. The summed E-state index contributed by atoms with van der Waals surface area (Å²) < 4.78 is 5.44. The first kappa shape index (κ1) is 23.0. The maximum Gasteiger partial charge on any atom is 0.190 e. The van der Waals surface area contributed by atoms with Gasteiger partial charge in [-0.05, 0) is 70.3 Å². The minimum atomic E-state index is 0. The van der Waals surface area contributed by atoms with Crippen molar-refractivity contribution in [2.24, 2.45) is 4.99 Å². The highest BCUT2D eigenvalue weighted by molar-refractivity contribution is 14.0. The number of hydrogen-bond donors (Lipinski definition) is 2. The first-order chi connectivity index (χ1) is 12.2. The molecule has 1 aromatic rings. The summed E-state index contributed by atoms with van der Waals surface area (Å²) in [7, 11) is 3.55. The minimum Gasteiger partial charge on any atom is -0.496 e. The Morgan fingerprint density at radius 2 is 1.88 bits per heavy atom. The molecule has 2 rings (SSSR count). The van der Waals surface area contributed by atoms with Crippen molar-refractivity contribution in [3.05, 3.63) is 29.3 Å². The van der Waals surface area contributed by atoms with E-state index in [0.717, 1.165) is 31.2 Å². The number of methoxy groups -OCH3 is 1. The summed E-state index contributed by atoms with van der Waals surface area (Å²) in [6.07, 6.45) is 6.11. The molecule has 1 aliphatic heterocycles. The van der Waals surface area contributed by atoms with Crippen molar-refractivity contribution < 1.29 is 4.74 Å². The van der Waals surface area contributed by atoms with Crippen molar-refractivity contribution >= 4 is 29.9 Å². The highest BCUT2D eigenvalue weighted by atomic mass is 127. The molecule has 0 bridgehead atoms. The van der Waals surface area contributed by atoms with Crippen LogP contribution in [0, 0.1) is 6.92 Å². The van der Waals surface area contributed by atoms with Gasteiger partial charge in [0, 0.05) is 20.1 Å². The van der Waals surface area contributed by atoms with E-state index in [1.165, 1.54) is 56.4 Å². The fourth-order valence-electron chi connectivity index (χ4n) is 3.31. The average Bonchev–Trinajstić information content (AvgIpc) is 3.13. The van der Waals surface area contributed by atoms with Gasteiger partial charge in [-0.25, -0.2) is 0 Å². The summed E-state index contributed by atoms with van der Waals surface area (Å²) in [5.41, 5.74) is 2.49. The molecule has 1 fully saturated rings. The van der Waals surface area contributed by atoms with E-state index >= 15 is 0 Å². The molecule has 0 aromatic heterocycles. The van der Waals surface area contributed by atoms with Crippen LogP contribution in [0.1, 0.15) is 36.8 Å². The number of nitrogens with zero attached hydrogens (tertiary/aromatic N) is 2. The van der Waals surface area contributed by atoms with Crippen LogP contribution in [0.4, 0.5) is 0 Å². The Morgan fingerprint density at radius 3 is 2.58 bits per heavy atom. The second-order valence-electron chi connectivity index (χ2n) is 6.75. The van der Waals surface area contributed by atoms with Crippen LogP contribution in [-0.4, -0.2) is 57.7 Å². The van der Waals surface area contributed by atoms with Gasteiger partial charge in [-0.1, -0.05) is 17.7 Å². The molecule has 1 aliphatic rings. The van der Waals surface area contributed by atoms with Gasteiger partial charge in [-0.3, -0.25) is 4.99 Å². The van der Waals surface area contributed by atoms with Crippen LogP contribution < -0.4 is 15.4 Å². The molecule has 1 saturated heterocycles. The standard InChI is InChI=1S/C20H34N4O.HI/c1-17-8-9-19(25-3)18(16-17)10-12-23-20(21-2)22-11-4-5-13-24-14-6-7-15-24;/h8-9,16H,4-7,10-15H2,1-3H3,(H2,21,22,23);1H. The van der Waals surface area contributed by atoms with Gasteiger partial charge in [0.15, 0.2) is 5.96 Å². The number of unbranched alkanes of at least 4 members (excludes halogenated alkanes) is 1. The third-order valence-electron chi connectivity index (χ3n) is 4.74. The fourth-order valence-corrected chi connectivity index (χ4v) is 3.31. The lowest BCUT2D eigenvalue weighted by Crippen LogP contribution is -2.38. The predicted octanol–water partition coefficient (Wildman–Crippen LogP) is 3.21. The lowest BCUT2D eigenvalue weighted by atomic mass is 10.1. The number of likely N-dealkylation sites (tertiary alicyclic amines) is 1. The second-order valence-corrected chi connectivity index (χ2v) is 6.75. The van der Waals surface area contributed by atoms with Crippen molar-refractivity contribution in [3.63, 3.8) is 0 Å². The first-order valence-electron chi connectivity index (χ1n) is 9.53. The van der Waals surface area contributed by atoms with E-state index in [2.05, 4.69) is 39.6 Å². The number of halogens is 1. The molecule has 6 heteroatoms. The van der Waals surface area contributed by atoms with Gasteiger partial charge in [0.05, 0.1) is 7.11 Å². The van der Waals surface area contributed by atoms with Crippen molar-refractivity contribution in [1.29, 1.82) is 0 Å². The first-order valence-corrected chi connectivity index (χ1v) is 9.53. The van der Waals surface area contributed by atoms with Crippen LogP contribution in [0.2, 0.25) is 0 Å². The number of hydrogen-bond acceptors (Lipinski definition) is 3. The molecule has 0 atom stereocenters. The molecular weight excluding hydrogens is 439 g/mol. The number of ether oxygens (including phenoxy) is 1. The van der Waals surface area contributed by atoms with Crippen molar-refractivity contribution in [3.8, 4) is 5.75 Å². The van der Waals surface area contributed by atoms with E-state index in [0.29, 0.717) is 0 Å². The summed E-state index contributed by atoms with van der Waals surface area (Å²) in [5, 5.41) is 6.80. The fraction of sp³-hybridized carbons (Fsp3) is 0.650. The smallest absolute Gasteiger partial charge is 0.190 e. The summed E-state index contributed by atoms with van der Waals surface area (Å²) in [4.78, 5) is 6.88. The van der Waals surface area contributed by atoms with Crippen LogP contribution in [0.25, 0.3) is 0 Å². The third-order valence-corrected chi connectivity index (χ3v) is 4.74. The zero-order valence-electron chi connectivity index (χ0n) is 16.5. The molecule has 0 spiro atoms. The van der Waals surface area contributed by atoms with E-state index in [-0.39, 0.29) is 24.0 Å². The van der Waals surface area contributed by atoms with Gasteiger partial charge in [-0.2, -0.15) is 0 Å².